The van der Waals surface area contributed by atoms with Crippen molar-refractivity contribution in [1.29, 1.82) is 0 Å². The number of anilines is 2. The number of rotatable bonds is 6. The Hall–Kier alpha value is -2.50. The molecule has 6 heteroatoms. The lowest BCUT2D eigenvalue weighted by Gasteiger charge is -2.15. The second kappa shape index (κ2) is 6.78. The van der Waals surface area contributed by atoms with Gasteiger partial charge in [0.05, 0.1) is 12.3 Å². The average molecular weight is 288 g/mol. The Morgan fingerprint density at radius 3 is 2.81 bits per heavy atom. The molecule has 6 nitrogen and oxygen atoms in total. The molecule has 2 aromatic rings. The molecule has 0 saturated carbocycles. The molecular formula is C15H20N4O2. The molecule has 1 heterocycles. The number of para-hydroxylation sites is 2. The molecule has 0 radical (unpaired) electrons. The van der Waals surface area contributed by atoms with Gasteiger partial charge in [-0.2, -0.15) is 5.10 Å². The van der Waals surface area contributed by atoms with E-state index >= 15 is 0 Å². The van der Waals surface area contributed by atoms with E-state index < -0.39 is 6.04 Å². The van der Waals surface area contributed by atoms with Gasteiger partial charge in [-0.05, 0) is 26.0 Å². The molecule has 2 N–H and O–H groups in total. The zero-order valence-electron chi connectivity index (χ0n) is 12.5. The molecule has 112 valence electrons. The van der Waals surface area contributed by atoms with Crippen molar-refractivity contribution in [2.45, 2.75) is 19.9 Å². The first kappa shape index (κ1) is 14.9. The van der Waals surface area contributed by atoms with Gasteiger partial charge in [-0.3, -0.25) is 9.48 Å². The minimum Gasteiger partial charge on any atom is -0.492 e. The first-order valence-electron chi connectivity index (χ1n) is 6.89. The van der Waals surface area contributed by atoms with Crippen molar-refractivity contribution in [2.75, 3.05) is 17.2 Å². The SMILES string of the molecule is CCOc1ccccc1NC(=O)C(C)Nc1ccn(C)n1. The highest BCUT2D eigenvalue weighted by Crippen LogP contribution is 2.23. The summed E-state index contributed by atoms with van der Waals surface area (Å²) in [6, 6.07) is 8.78. The van der Waals surface area contributed by atoms with E-state index in [9.17, 15) is 4.79 Å². The van der Waals surface area contributed by atoms with Crippen LogP contribution in [0.5, 0.6) is 5.75 Å². The number of carbonyl (C=O) groups is 1. The number of aryl methyl sites for hydroxylation is 1. The van der Waals surface area contributed by atoms with Crippen molar-refractivity contribution in [1.82, 2.24) is 9.78 Å². The van der Waals surface area contributed by atoms with Gasteiger partial charge in [-0.1, -0.05) is 12.1 Å². The Morgan fingerprint density at radius 1 is 1.38 bits per heavy atom. The normalized spacial score (nSPS) is 11.8. The van der Waals surface area contributed by atoms with Crippen molar-refractivity contribution in [3.05, 3.63) is 36.5 Å². The van der Waals surface area contributed by atoms with Crippen molar-refractivity contribution in [2.24, 2.45) is 7.05 Å². The Balaban J connectivity index is 2.00. The summed E-state index contributed by atoms with van der Waals surface area (Å²) in [6.45, 7) is 4.24. The molecule has 0 fully saturated rings. The summed E-state index contributed by atoms with van der Waals surface area (Å²) in [5, 5.41) is 10.1. The summed E-state index contributed by atoms with van der Waals surface area (Å²) in [4.78, 5) is 12.2. The molecular weight excluding hydrogens is 268 g/mol. The van der Waals surface area contributed by atoms with Gasteiger partial charge >= 0.3 is 0 Å². The van der Waals surface area contributed by atoms with Crippen molar-refractivity contribution in [3.63, 3.8) is 0 Å². The van der Waals surface area contributed by atoms with Gasteiger partial charge < -0.3 is 15.4 Å². The fraction of sp³-hybridized carbons (Fsp3) is 0.333. The molecule has 0 aliphatic carbocycles. The Bertz CT molecular complexity index is 609. The van der Waals surface area contributed by atoms with E-state index in [1.165, 1.54) is 0 Å². The first-order chi connectivity index (χ1) is 10.1. The summed E-state index contributed by atoms with van der Waals surface area (Å²) in [5.41, 5.74) is 0.666. The smallest absolute Gasteiger partial charge is 0.246 e. The average Bonchev–Trinajstić information content (AvgIpc) is 2.86. The predicted molar refractivity (Wildman–Crippen MR) is 82.5 cm³/mol. The summed E-state index contributed by atoms with van der Waals surface area (Å²) >= 11 is 0. The van der Waals surface area contributed by atoms with E-state index in [1.54, 1.807) is 11.6 Å². The third-order valence-corrected chi connectivity index (χ3v) is 2.92. The van der Waals surface area contributed by atoms with Crippen LogP contribution in [0.1, 0.15) is 13.8 Å². The first-order valence-corrected chi connectivity index (χ1v) is 6.89. The standard InChI is InChI=1S/C15H20N4O2/c1-4-21-13-8-6-5-7-12(13)17-15(20)11(2)16-14-9-10-19(3)18-14/h5-11H,4H2,1-3H3,(H,16,18)(H,17,20). The Labute approximate surface area is 124 Å². The van der Waals surface area contributed by atoms with E-state index in [2.05, 4.69) is 15.7 Å². The number of nitrogens with one attached hydrogen (secondary N) is 2. The number of carbonyl (C=O) groups excluding carboxylic acids is 1. The second-order valence-corrected chi connectivity index (χ2v) is 4.66. The lowest BCUT2D eigenvalue weighted by Crippen LogP contribution is -2.32. The highest BCUT2D eigenvalue weighted by molar-refractivity contribution is 5.97. The highest BCUT2D eigenvalue weighted by atomic mass is 16.5. The largest absolute Gasteiger partial charge is 0.492 e. The van der Waals surface area contributed by atoms with Gasteiger partial charge in [0.2, 0.25) is 5.91 Å². The molecule has 2 rings (SSSR count). The number of nitrogens with zero attached hydrogens (tertiary/aromatic N) is 2. The topological polar surface area (TPSA) is 68.2 Å². The van der Waals surface area contributed by atoms with Crippen molar-refractivity contribution < 1.29 is 9.53 Å². The zero-order chi connectivity index (χ0) is 15.2. The molecule has 1 aromatic heterocycles. The van der Waals surface area contributed by atoms with E-state index in [-0.39, 0.29) is 5.91 Å². The van der Waals surface area contributed by atoms with Crippen LogP contribution < -0.4 is 15.4 Å². The van der Waals surface area contributed by atoms with Crippen LogP contribution in [0.3, 0.4) is 0 Å². The lowest BCUT2D eigenvalue weighted by atomic mass is 10.2. The fourth-order valence-corrected chi connectivity index (χ4v) is 1.87. The van der Waals surface area contributed by atoms with Gasteiger partial charge in [-0.25, -0.2) is 0 Å². The van der Waals surface area contributed by atoms with Crippen molar-refractivity contribution >= 4 is 17.4 Å². The van der Waals surface area contributed by atoms with Gasteiger partial charge in [0.15, 0.2) is 0 Å². The van der Waals surface area contributed by atoms with E-state index in [0.717, 1.165) is 0 Å². The van der Waals surface area contributed by atoms with Gasteiger partial charge in [0, 0.05) is 19.3 Å². The third kappa shape index (κ3) is 3.98. The second-order valence-electron chi connectivity index (χ2n) is 4.66. The third-order valence-electron chi connectivity index (χ3n) is 2.92. The Kier molecular flexibility index (Phi) is 4.81. The van der Waals surface area contributed by atoms with Gasteiger partial charge in [-0.15, -0.1) is 0 Å². The fourth-order valence-electron chi connectivity index (χ4n) is 1.87. The number of hydrogen-bond acceptors (Lipinski definition) is 4. The van der Waals surface area contributed by atoms with Crippen LogP contribution in [0.4, 0.5) is 11.5 Å². The number of ether oxygens (including phenoxy) is 1. The van der Waals surface area contributed by atoms with Gasteiger partial charge in [0.25, 0.3) is 0 Å². The quantitative estimate of drug-likeness (QED) is 0.855. The molecule has 0 aliphatic rings. The van der Waals surface area contributed by atoms with Crippen LogP contribution in [-0.4, -0.2) is 28.3 Å². The molecule has 21 heavy (non-hydrogen) atoms. The predicted octanol–water partition coefficient (Wildman–Crippen LogP) is 2.26. The van der Waals surface area contributed by atoms with Crippen LogP contribution in [0, 0.1) is 0 Å². The maximum Gasteiger partial charge on any atom is 0.246 e. The molecule has 0 aliphatic heterocycles. The molecule has 0 spiro atoms. The summed E-state index contributed by atoms with van der Waals surface area (Å²) < 4.78 is 7.17. The molecule has 1 aromatic carbocycles. The highest BCUT2D eigenvalue weighted by Gasteiger charge is 2.15. The molecule has 1 amide bonds. The molecule has 1 unspecified atom stereocenters. The number of amides is 1. The summed E-state index contributed by atoms with van der Waals surface area (Å²) in [5.74, 6) is 1.18. The van der Waals surface area contributed by atoms with E-state index in [0.29, 0.717) is 23.9 Å². The van der Waals surface area contributed by atoms with Crippen LogP contribution in [-0.2, 0) is 11.8 Å². The Morgan fingerprint density at radius 2 is 2.14 bits per heavy atom. The minimum absolute atomic E-state index is 0.146. The zero-order valence-corrected chi connectivity index (χ0v) is 12.5. The van der Waals surface area contributed by atoms with Crippen molar-refractivity contribution in [3.8, 4) is 5.75 Å². The molecule has 1 atom stereocenters. The van der Waals surface area contributed by atoms with Crippen LogP contribution in [0.2, 0.25) is 0 Å². The van der Waals surface area contributed by atoms with Crippen LogP contribution in [0.25, 0.3) is 0 Å². The number of hydrogen-bond donors (Lipinski definition) is 2. The van der Waals surface area contributed by atoms with Crippen LogP contribution in [0.15, 0.2) is 36.5 Å². The maximum atomic E-state index is 12.2. The molecule has 0 bridgehead atoms. The number of benzene rings is 1. The minimum atomic E-state index is -0.408. The summed E-state index contributed by atoms with van der Waals surface area (Å²) in [7, 11) is 1.83. The maximum absolute atomic E-state index is 12.2. The van der Waals surface area contributed by atoms with Gasteiger partial charge in [0.1, 0.15) is 17.6 Å². The molecule has 0 saturated heterocycles. The van der Waals surface area contributed by atoms with E-state index in [1.807, 2.05) is 50.5 Å². The monoisotopic (exact) mass is 288 g/mol. The summed E-state index contributed by atoms with van der Waals surface area (Å²) in [6.07, 6.45) is 1.82. The van der Waals surface area contributed by atoms with Crippen LogP contribution >= 0.6 is 0 Å². The number of aromatic nitrogens is 2. The lowest BCUT2D eigenvalue weighted by molar-refractivity contribution is -0.116. The van der Waals surface area contributed by atoms with E-state index in [4.69, 9.17) is 4.74 Å².